The molecule has 1 aromatic heterocycles. The highest BCUT2D eigenvalue weighted by Gasteiger charge is 2.29. The molecular formula is C25H27FN4O3. The number of carbonyl (C=O) groups is 2. The van der Waals surface area contributed by atoms with Gasteiger partial charge in [0.05, 0.1) is 29.9 Å². The maximum atomic E-state index is 13.7. The van der Waals surface area contributed by atoms with Crippen LogP contribution >= 0.6 is 0 Å². The molecule has 1 unspecified atom stereocenters. The maximum Gasteiger partial charge on any atom is 0.274 e. The second-order valence-corrected chi connectivity index (χ2v) is 8.60. The summed E-state index contributed by atoms with van der Waals surface area (Å²) < 4.78 is 19.5. The molecule has 1 saturated heterocycles. The molecular weight excluding hydrogens is 423 g/mol. The molecule has 7 nitrogen and oxygen atoms in total. The van der Waals surface area contributed by atoms with Crippen molar-refractivity contribution < 1.29 is 18.7 Å². The number of para-hydroxylation sites is 2. The van der Waals surface area contributed by atoms with Crippen molar-refractivity contribution in [2.75, 3.05) is 32.8 Å². The van der Waals surface area contributed by atoms with Crippen molar-refractivity contribution in [1.82, 2.24) is 19.8 Å². The Morgan fingerprint density at radius 1 is 1.18 bits per heavy atom. The summed E-state index contributed by atoms with van der Waals surface area (Å²) in [6, 6.07) is 13.1. The van der Waals surface area contributed by atoms with Crippen molar-refractivity contribution in [3.05, 3.63) is 71.8 Å². The number of fused-ring (bicyclic) bond motifs is 1. The highest BCUT2D eigenvalue weighted by atomic mass is 19.1. The molecule has 172 valence electrons. The van der Waals surface area contributed by atoms with Gasteiger partial charge in [0.25, 0.3) is 11.8 Å². The molecule has 1 aliphatic heterocycles. The molecule has 1 aliphatic rings. The van der Waals surface area contributed by atoms with E-state index in [9.17, 15) is 14.0 Å². The number of hydrogen-bond donors (Lipinski definition) is 0. The van der Waals surface area contributed by atoms with Crippen molar-refractivity contribution in [1.29, 1.82) is 0 Å². The number of carbonyl (C=O) groups excluding carboxylic acids is 2. The fraction of sp³-hybridized carbons (Fsp3) is 0.360. The Morgan fingerprint density at radius 2 is 1.97 bits per heavy atom. The summed E-state index contributed by atoms with van der Waals surface area (Å²) in [6.45, 7) is 5.97. The Hall–Kier alpha value is -3.39. The number of rotatable bonds is 6. The van der Waals surface area contributed by atoms with E-state index in [-0.39, 0.29) is 29.5 Å². The van der Waals surface area contributed by atoms with Crippen LogP contribution in [0.3, 0.4) is 0 Å². The predicted octanol–water partition coefficient (Wildman–Crippen LogP) is 3.41. The van der Waals surface area contributed by atoms with Crippen LogP contribution in [0.15, 0.2) is 54.7 Å². The Morgan fingerprint density at radius 3 is 2.73 bits per heavy atom. The summed E-state index contributed by atoms with van der Waals surface area (Å²) >= 11 is 0. The van der Waals surface area contributed by atoms with Gasteiger partial charge in [0.15, 0.2) is 0 Å². The number of aromatic nitrogens is 2. The van der Waals surface area contributed by atoms with Gasteiger partial charge < -0.3 is 14.5 Å². The topological polar surface area (TPSA) is 75.6 Å². The number of morpholine rings is 1. The van der Waals surface area contributed by atoms with Crippen molar-refractivity contribution in [2.24, 2.45) is 5.92 Å². The van der Waals surface area contributed by atoms with Crippen LogP contribution in [0.25, 0.3) is 11.0 Å². The first-order valence-corrected chi connectivity index (χ1v) is 11.1. The van der Waals surface area contributed by atoms with E-state index >= 15 is 0 Å². The molecule has 3 aromatic rings. The maximum absolute atomic E-state index is 13.7. The highest BCUT2D eigenvalue weighted by Crippen LogP contribution is 2.16. The molecule has 2 heterocycles. The van der Waals surface area contributed by atoms with E-state index in [0.717, 1.165) is 5.52 Å². The monoisotopic (exact) mass is 450 g/mol. The summed E-state index contributed by atoms with van der Waals surface area (Å²) in [7, 11) is 0. The van der Waals surface area contributed by atoms with Crippen molar-refractivity contribution in [2.45, 2.75) is 20.0 Å². The van der Waals surface area contributed by atoms with Crippen LogP contribution < -0.4 is 0 Å². The molecule has 0 bridgehead atoms. The van der Waals surface area contributed by atoms with Gasteiger partial charge in [0.2, 0.25) is 0 Å². The van der Waals surface area contributed by atoms with E-state index in [1.54, 1.807) is 15.9 Å². The first-order valence-electron chi connectivity index (χ1n) is 11.1. The Labute approximate surface area is 192 Å². The summed E-state index contributed by atoms with van der Waals surface area (Å²) in [5, 5.41) is 0. The number of amides is 2. The second-order valence-electron chi connectivity index (χ2n) is 8.60. The summed E-state index contributed by atoms with van der Waals surface area (Å²) in [5.41, 5.74) is 1.97. The lowest BCUT2D eigenvalue weighted by Crippen LogP contribution is -2.51. The van der Waals surface area contributed by atoms with Gasteiger partial charge in [-0.2, -0.15) is 0 Å². The third-order valence-corrected chi connectivity index (χ3v) is 5.46. The third-order valence-electron chi connectivity index (χ3n) is 5.46. The fourth-order valence-corrected chi connectivity index (χ4v) is 3.97. The SMILES string of the molecule is CC(C)CN(CC1CN(C(=O)c2cnc3ccccc3n2)CCO1)C(=O)c1cccc(F)c1. The number of benzene rings is 2. The lowest BCUT2D eigenvalue weighted by molar-refractivity contribution is -0.0341. The minimum atomic E-state index is -0.451. The zero-order chi connectivity index (χ0) is 23.4. The zero-order valence-electron chi connectivity index (χ0n) is 18.8. The van der Waals surface area contributed by atoms with E-state index in [0.29, 0.717) is 43.9 Å². The molecule has 8 heteroatoms. The molecule has 2 amide bonds. The van der Waals surface area contributed by atoms with E-state index in [1.807, 2.05) is 38.1 Å². The van der Waals surface area contributed by atoms with Crippen LogP contribution in [-0.4, -0.2) is 70.5 Å². The molecule has 33 heavy (non-hydrogen) atoms. The van der Waals surface area contributed by atoms with Gasteiger partial charge in [-0.3, -0.25) is 14.6 Å². The zero-order valence-corrected chi connectivity index (χ0v) is 18.8. The lowest BCUT2D eigenvalue weighted by atomic mass is 10.1. The highest BCUT2D eigenvalue weighted by molar-refractivity contribution is 5.95. The lowest BCUT2D eigenvalue weighted by Gasteiger charge is -2.36. The number of nitrogens with zero attached hydrogens (tertiary/aromatic N) is 4. The Balaban J connectivity index is 1.47. The molecule has 4 rings (SSSR count). The van der Waals surface area contributed by atoms with Gasteiger partial charge in [0, 0.05) is 31.7 Å². The average Bonchev–Trinajstić information content (AvgIpc) is 2.82. The van der Waals surface area contributed by atoms with Crippen LogP contribution in [0.5, 0.6) is 0 Å². The van der Waals surface area contributed by atoms with E-state index in [1.165, 1.54) is 24.4 Å². The Kier molecular flexibility index (Phi) is 6.93. The molecule has 1 fully saturated rings. The van der Waals surface area contributed by atoms with Gasteiger partial charge in [-0.05, 0) is 36.2 Å². The smallest absolute Gasteiger partial charge is 0.274 e. The van der Waals surface area contributed by atoms with Crippen molar-refractivity contribution in [3.63, 3.8) is 0 Å². The largest absolute Gasteiger partial charge is 0.373 e. The molecule has 2 aromatic carbocycles. The fourth-order valence-electron chi connectivity index (χ4n) is 3.97. The Bertz CT molecular complexity index is 1150. The molecule has 0 aliphatic carbocycles. The first kappa shape index (κ1) is 22.8. The molecule has 1 atom stereocenters. The summed E-state index contributed by atoms with van der Waals surface area (Å²) in [4.78, 5) is 38.3. The standard InChI is InChI=1S/C25H27FN4O3/c1-17(2)14-30(24(31)18-6-5-7-19(26)12-18)16-20-15-29(10-11-33-20)25(32)23-13-27-21-8-3-4-9-22(21)28-23/h3-9,12-13,17,20H,10-11,14-16H2,1-2H3. The van der Waals surface area contributed by atoms with E-state index < -0.39 is 5.82 Å². The van der Waals surface area contributed by atoms with Gasteiger partial charge in [-0.1, -0.05) is 32.0 Å². The molecule has 0 N–H and O–H groups in total. The van der Waals surface area contributed by atoms with Crippen LogP contribution in [0.2, 0.25) is 0 Å². The second kappa shape index (κ2) is 10.0. The van der Waals surface area contributed by atoms with Crippen LogP contribution in [0, 0.1) is 11.7 Å². The van der Waals surface area contributed by atoms with Crippen LogP contribution in [-0.2, 0) is 4.74 Å². The van der Waals surface area contributed by atoms with Crippen molar-refractivity contribution in [3.8, 4) is 0 Å². The van der Waals surface area contributed by atoms with Crippen LogP contribution in [0.4, 0.5) is 4.39 Å². The predicted molar refractivity (Wildman–Crippen MR) is 122 cm³/mol. The van der Waals surface area contributed by atoms with Gasteiger partial charge in [0.1, 0.15) is 11.5 Å². The summed E-state index contributed by atoms with van der Waals surface area (Å²) in [6.07, 6.45) is 1.14. The van der Waals surface area contributed by atoms with E-state index in [4.69, 9.17) is 4.74 Å². The number of ether oxygens (including phenoxy) is 1. The van der Waals surface area contributed by atoms with Gasteiger partial charge in [-0.25, -0.2) is 9.37 Å². The molecule has 0 spiro atoms. The van der Waals surface area contributed by atoms with E-state index in [2.05, 4.69) is 9.97 Å². The first-order chi connectivity index (χ1) is 15.9. The van der Waals surface area contributed by atoms with Crippen LogP contribution in [0.1, 0.15) is 34.7 Å². The minimum absolute atomic E-state index is 0.214. The number of halogens is 1. The van der Waals surface area contributed by atoms with Crippen molar-refractivity contribution >= 4 is 22.8 Å². The summed E-state index contributed by atoms with van der Waals surface area (Å²) in [5.74, 6) is -0.701. The quantitative estimate of drug-likeness (QED) is 0.575. The molecule has 0 saturated carbocycles. The van der Waals surface area contributed by atoms with Gasteiger partial charge in [-0.15, -0.1) is 0 Å². The van der Waals surface area contributed by atoms with Gasteiger partial charge >= 0.3 is 0 Å². The minimum Gasteiger partial charge on any atom is -0.373 e. The normalized spacial score (nSPS) is 16.2. The molecule has 0 radical (unpaired) electrons. The third kappa shape index (κ3) is 5.51. The average molecular weight is 451 g/mol. The number of hydrogen-bond acceptors (Lipinski definition) is 5.